The average molecular weight is 458 g/mol. The van der Waals surface area contributed by atoms with Crippen molar-refractivity contribution >= 4 is 17.9 Å². The maximum absolute atomic E-state index is 13.3. The Labute approximate surface area is 195 Å². The van der Waals surface area contributed by atoms with E-state index in [1.54, 1.807) is 12.1 Å². The number of nitrogens with one attached hydrogen (secondary N) is 2. The summed E-state index contributed by atoms with van der Waals surface area (Å²) in [6.45, 7) is 0. The summed E-state index contributed by atoms with van der Waals surface area (Å²) < 4.78 is 16.3. The molecule has 1 fully saturated rings. The van der Waals surface area contributed by atoms with Gasteiger partial charge in [0.2, 0.25) is 0 Å². The molecule has 3 amide bonds. The molecule has 0 spiro atoms. The van der Waals surface area contributed by atoms with E-state index < -0.39 is 23.4 Å². The van der Waals surface area contributed by atoms with E-state index in [1.807, 2.05) is 48.5 Å². The van der Waals surface area contributed by atoms with Crippen LogP contribution in [0.15, 0.2) is 66.7 Å². The molecule has 0 radical (unpaired) electrons. The van der Waals surface area contributed by atoms with E-state index in [-0.39, 0.29) is 23.7 Å². The number of imide groups is 1. The van der Waals surface area contributed by atoms with Crippen molar-refractivity contribution in [2.24, 2.45) is 0 Å². The zero-order valence-corrected chi connectivity index (χ0v) is 18.6. The first-order valence-electron chi connectivity index (χ1n) is 10.7. The summed E-state index contributed by atoms with van der Waals surface area (Å²) in [6, 6.07) is 19.5. The molecule has 2 N–H and O–H groups in total. The van der Waals surface area contributed by atoms with Crippen LogP contribution >= 0.6 is 0 Å². The monoisotopic (exact) mass is 458 g/mol. The average Bonchev–Trinajstić information content (AvgIpc) is 3.16. The van der Waals surface area contributed by atoms with Crippen LogP contribution in [0.2, 0.25) is 0 Å². The van der Waals surface area contributed by atoms with Gasteiger partial charge < -0.3 is 19.5 Å². The van der Waals surface area contributed by atoms with Crippen molar-refractivity contribution in [2.75, 3.05) is 14.2 Å². The molecule has 2 aliphatic rings. The van der Waals surface area contributed by atoms with Crippen LogP contribution in [0, 0.1) is 0 Å². The molecule has 0 aliphatic carbocycles. The number of methoxy groups -OCH3 is 2. The van der Waals surface area contributed by atoms with Gasteiger partial charge in [0.15, 0.2) is 0 Å². The molecule has 3 aromatic rings. The van der Waals surface area contributed by atoms with Gasteiger partial charge in [-0.2, -0.15) is 0 Å². The highest BCUT2D eigenvalue weighted by atomic mass is 16.5. The van der Waals surface area contributed by atoms with Gasteiger partial charge in [-0.3, -0.25) is 10.1 Å². The third kappa shape index (κ3) is 3.35. The van der Waals surface area contributed by atoms with Crippen LogP contribution in [0.3, 0.4) is 0 Å². The second-order valence-corrected chi connectivity index (χ2v) is 8.15. The van der Waals surface area contributed by atoms with Crippen LogP contribution in [0.4, 0.5) is 4.79 Å². The lowest BCUT2D eigenvalue weighted by molar-refractivity contribution is -0.124. The normalized spacial score (nSPS) is 18.8. The number of urea groups is 1. The molecule has 34 heavy (non-hydrogen) atoms. The fourth-order valence-electron chi connectivity index (χ4n) is 4.73. The van der Waals surface area contributed by atoms with E-state index in [2.05, 4.69) is 10.6 Å². The zero-order chi connectivity index (χ0) is 23.9. The summed E-state index contributed by atoms with van der Waals surface area (Å²) in [7, 11) is 2.71. The third-order valence-corrected chi connectivity index (χ3v) is 6.36. The molecule has 3 aromatic carbocycles. The molecule has 2 heterocycles. The minimum atomic E-state index is -1.40. The molecule has 8 nitrogen and oxygen atoms in total. The molecule has 5 rings (SSSR count). The summed E-state index contributed by atoms with van der Waals surface area (Å²) in [4.78, 5) is 37.8. The summed E-state index contributed by atoms with van der Waals surface area (Å²) in [5.74, 6) is 0.341. The topological polar surface area (TPSA) is 103 Å². The lowest BCUT2D eigenvalue weighted by Crippen LogP contribution is -2.45. The van der Waals surface area contributed by atoms with Crippen LogP contribution in [-0.2, 0) is 15.1 Å². The van der Waals surface area contributed by atoms with Crippen molar-refractivity contribution < 1.29 is 28.6 Å². The van der Waals surface area contributed by atoms with Crippen LogP contribution in [0.25, 0.3) is 0 Å². The number of fused-ring (bicyclic) bond motifs is 2. The van der Waals surface area contributed by atoms with Crippen molar-refractivity contribution in [1.29, 1.82) is 0 Å². The number of hydrogen-bond acceptors (Lipinski definition) is 6. The largest absolute Gasteiger partial charge is 0.496 e. The summed E-state index contributed by atoms with van der Waals surface area (Å²) in [5, 5.41) is 5.22. The van der Waals surface area contributed by atoms with Gasteiger partial charge in [0.1, 0.15) is 28.4 Å². The van der Waals surface area contributed by atoms with Crippen LogP contribution in [0.1, 0.15) is 39.4 Å². The maximum Gasteiger partial charge on any atom is 0.341 e. The Balaban J connectivity index is 1.66. The van der Waals surface area contributed by atoms with Crippen molar-refractivity contribution in [2.45, 2.75) is 17.9 Å². The first kappa shape index (κ1) is 21.5. The summed E-state index contributed by atoms with van der Waals surface area (Å²) >= 11 is 0. The number of rotatable bonds is 5. The van der Waals surface area contributed by atoms with Gasteiger partial charge in [0.05, 0.1) is 14.2 Å². The molecule has 2 aliphatic heterocycles. The first-order chi connectivity index (χ1) is 16.5. The van der Waals surface area contributed by atoms with Crippen LogP contribution in [-0.4, -0.2) is 32.1 Å². The Hall–Kier alpha value is -4.33. The first-order valence-corrected chi connectivity index (χ1v) is 10.7. The van der Waals surface area contributed by atoms with E-state index in [0.29, 0.717) is 17.1 Å². The molecule has 0 aromatic heterocycles. The molecule has 8 heteroatoms. The highest BCUT2D eigenvalue weighted by molar-refractivity contribution is 6.07. The lowest BCUT2D eigenvalue weighted by atomic mass is 9.75. The molecule has 1 saturated heterocycles. The predicted octanol–water partition coefficient (Wildman–Crippen LogP) is 3.84. The Bertz CT molecular complexity index is 1270. The second-order valence-electron chi connectivity index (χ2n) is 8.15. The fraction of sp³-hybridized carbons (Fsp3) is 0.192. The molecular formula is C26H22N2O6. The SMILES string of the molecule is COC(=O)c1ccc(C2(CC3c4ccccc4Oc4ccccc43)NC(=O)NC2=O)cc1OC. The second kappa shape index (κ2) is 8.22. The smallest absolute Gasteiger partial charge is 0.341 e. The van der Waals surface area contributed by atoms with Gasteiger partial charge in [-0.15, -0.1) is 0 Å². The molecule has 1 unspecified atom stereocenters. The van der Waals surface area contributed by atoms with E-state index in [1.165, 1.54) is 20.3 Å². The van der Waals surface area contributed by atoms with Crippen molar-refractivity contribution in [1.82, 2.24) is 10.6 Å². The Morgan fingerprint density at radius 1 is 0.971 bits per heavy atom. The van der Waals surface area contributed by atoms with Gasteiger partial charge in [-0.25, -0.2) is 9.59 Å². The highest BCUT2D eigenvalue weighted by Gasteiger charge is 2.50. The van der Waals surface area contributed by atoms with Gasteiger partial charge in [-0.1, -0.05) is 42.5 Å². The third-order valence-electron chi connectivity index (χ3n) is 6.36. The zero-order valence-electron chi connectivity index (χ0n) is 18.6. The van der Waals surface area contributed by atoms with Gasteiger partial charge >= 0.3 is 12.0 Å². The number of carbonyl (C=O) groups is 3. The van der Waals surface area contributed by atoms with Gasteiger partial charge in [0.25, 0.3) is 5.91 Å². The minimum Gasteiger partial charge on any atom is -0.496 e. The van der Waals surface area contributed by atoms with E-state index in [4.69, 9.17) is 14.2 Å². The summed E-state index contributed by atoms with van der Waals surface area (Å²) in [6.07, 6.45) is 0.225. The molecule has 172 valence electrons. The Morgan fingerprint density at radius 3 is 2.18 bits per heavy atom. The van der Waals surface area contributed by atoms with E-state index in [9.17, 15) is 14.4 Å². The Morgan fingerprint density at radius 2 is 1.62 bits per heavy atom. The quantitative estimate of drug-likeness (QED) is 0.445. The standard InChI is InChI=1S/C26H22N2O6/c1-32-22-13-15(11-12-18(22)23(29)33-2)26(24(30)27-25(31)28-26)14-19-16-7-3-5-9-20(16)34-21-10-6-4-8-17(19)21/h3-13,19H,14H2,1-2H3,(H2,27,28,30,31). The maximum atomic E-state index is 13.3. The molecule has 0 bridgehead atoms. The van der Waals surface area contributed by atoms with Crippen molar-refractivity contribution in [3.8, 4) is 17.2 Å². The number of carbonyl (C=O) groups excluding carboxylic acids is 3. The van der Waals surface area contributed by atoms with Crippen molar-refractivity contribution in [3.63, 3.8) is 0 Å². The number of esters is 1. The van der Waals surface area contributed by atoms with E-state index in [0.717, 1.165) is 11.1 Å². The molecular weight excluding hydrogens is 436 g/mol. The number of hydrogen-bond donors (Lipinski definition) is 2. The Kier molecular flexibility index (Phi) is 5.20. The van der Waals surface area contributed by atoms with Crippen LogP contribution in [0.5, 0.6) is 17.2 Å². The lowest BCUT2D eigenvalue weighted by Gasteiger charge is -2.35. The predicted molar refractivity (Wildman–Crippen MR) is 122 cm³/mol. The highest BCUT2D eigenvalue weighted by Crippen LogP contribution is 2.49. The van der Waals surface area contributed by atoms with Gasteiger partial charge in [0, 0.05) is 17.0 Å². The number of benzene rings is 3. The summed E-state index contributed by atoms with van der Waals surface area (Å²) in [5.41, 5.74) is 1.12. The number of amides is 3. The fourth-order valence-corrected chi connectivity index (χ4v) is 4.73. The van der Waals surface area contributed by atoms with Gasteiger partial charge in [-0.05, 0) is 36.2 Å². The number of ether oxygens (including phenoxy) is 3. The van der Waals surface area contributed by atoms with Crippen molar-refractivity contribution in [3.05, 3.63) is 89.0 Å². The number of para-hydroxylation sites is 2. The molecule has 0 saturated carbocycles. The minimum absolute atomic E-state index is 0.218. The van der Waals surface area contributed by atoms with E-state index >= 15 is 0 Å². The van der Waals surface area contributed by atoms with Crippen LogP contribution < -0.4 is 20.1 Å². The molecule has 1 atom stereocenters.